The molecule has 0 spiro atoms. The molecule has 0 radical (unpaired) electrons. The summed E-state index contributed by atoms with van der Waals surface area (Å²) in [6.07, 6.45) is -11.2. The summed E-state index contributed by atoms with van der Waals surface area (Å²) in [5.41, 5.74) is 5.53. The van der Waals surface area contributed by atoms with Crippen LogP contribution in [0.4, 0.5) is 0 Å². The van der Waals surface area contributed by atoms with Crippen molar-refractivity contribution in [2.45, 2.75) is 49.1 Å². The van der Waals surface area contributed by atoms with Crippen molar-refractivity contribution < 1.29 is 61.7 Å². The molecular weight excluding hydrogens is 398 g/mol. The third kappa shape index (κ3) is 5.32. The van der Waals surface area contributed by atoms with Crippen molar-refractivity contribution in [2.24, 2.45) is 5.73 Å². The number of carbonyl (C=O) groups is 1. The Hall–Kier alpha value is -1.40. The Bertz CT molecular complexity index is 681. The molecule has 8 atom stereocenters. The van der Waals surface area contributed by atoms with Gasteiger partial charge in [-0.2, -0.15) is 8.42 Å². The maximum atomic E-state index is 11.0. The number of aliphatic hydroxyl groups excluding tert-OH is 4. The number of hydrogen-bond donors (Lipinski definition) is 7. The first-order chi connectivity index (χ1) is 12.4. The molecule has 0 saturated carbocycles. The average Bonchev–Trinajstić information content (AvgIpc) is 2.56. The van der Waals surface area contributed by atoms with E-state index in [1.165, 1.54) is 0 Å². The predicted octanol–water partition coefficient (Wildman–Crippen LogP) is -4.36. The van der Waals surface area contributed by atoms with E-state index in [2.05, 4.69) is 4.18 Å². The lowest BCUT2D eigenvalue weighted by atomic mass is 9.97. The fourth-order valence-corrected chi connectivity index (χ4v) is 2.75. The number of carboxylic acids is 1. The number of nitrogens with two attached hydrogens (primary N) is 1. The van der Waals surface area contributed by atoms with E-state index in [1.807, 2.05) is 0 Å². The first-order valence-electron chi connectivity index (χ1n) is 7.43. The quantitative estimate of drug-likeness (QED) is 0.202. The van der Waals surface area contributed by atoms with Gasteiger partial charge >= 0.3 is 16.4 Å². The molecule has 0 aromatic heterocycles. The van der Waals surface area contributed by atoms with E-state index >= 15 is 0 Å². The van der Waals surface area contributed by atoms with Crippen molar-refractivity contribution in [3.8, 4) is 0 Å². The van der Waals surface area contributed by atoms with Gasteiger partial charge in [0.2, 0.25) is 12.0 Å². The van der Waals surface area contributed by atoms with Crippen LogP contribution in [0.3, 0.4) is 0 Å². The summed E-state index contributed by atoms with van der Waals surface area (Å²) in [6, 6.07) is -1.43. The van der Waals surface area contributed by atoms with E-state index in [0.717, 1.165) is 6.08 Å². The zero-order valence-corrected chi connectivity index (χ0v) is 14.2. The van der Waals surface area contributed by atoms with Gasteiger partial charge in [-0.1, -0.05) is 0 Å². The lowest BCUT2D eigenvalue weighted by molar-refractivity contribution is -0.303. The molecule has 8 N–H and O–H groups in total. The smallest absolute Gasteiger partial charge is 0.397 e. The molecule has 8 unspecified atom stereocenters. The highest BCUT2D eigenvalue weighted by atomic mass is 32.3. The van der Waals surface area contributed by atoms with Gasteiger partial charge in [-0.3, -0.25) is 4.55 Å². The summed E-state index contributed by atoms with van der Waals surface area (Å²) >= 11 is 0. The Morgan fingerprint density at radius 1 is 1.22 bits per heavy atom. The van der Waals surface area contributed by atoms with Crippen molar-refractivity contribution in [1.82, 2.24) is 0 Å². The standard InChI is InChI=1S/C12H19NO13S/c13-6-8(16)9(5(24-11(6)19)2-23-27(20,21)22)26-12-7(15)3(14)1-4(25-12)10(17)18/h1,3,5-9,11-12,14-16,19H,2,13H2,(H,17,18)(H,20,21,22). The predicted molar refractivity (Wildman–Crippen MR) is 79.8 cm³/mol. The van der Waals surface area contributed by atoms with Crippen LogP contribution in [0.15, 0.2) is 11.8 Å². The molecule has 15 heteroatoms. The SMILES string of the molecule is NC1C(O)OC(COS(=O)(=O)O)C(OC2OC(C(=O)O)=CC(O)C2O)C1O. The number of hydrogen-bond acceptors (Lipinski definition) is 12. The Balaban J connectivity index is 2.20. The zero-order valence-electron chi connectivity index (χ0n) is 13.4. The van der Waals surface area contributed by atoms with Crippen LogP contribution in [0.25, 0.3) is 0 Å². The van der Waals surface area contributed by atoms with Crippen molar-refractivity contribution in [3.05, 3.63) is 11.8 Å². The van der Waals surface area contributed by atoms with Crippen molar-refractivity contribution in [3.63, 3.8) is 0 Å². The molecule has 2 aliphatic rings. The van der Waals surface area contributed by atoms with Crippen LogP contribution >= 0.6 is 0 Å². The molecule has 0 bridgehead atoms. The second-order valence-electron chi connectivity index (χ2n) is 5.75. The molecule has 14 nitrogen and oxygen atoms in total. The van der Waals surface area contributed by atoms with Crippen LogP contribution in [0.5, 0.6) is 0 Å². The third-order valence-electron chi connectivity index (χ3n) is 3.82. The Labute approximate surface area is 152 Å². The highest BCUT2D eigenvalue weighted by Crippen LogP contribution is 2.27. The van der Waals surface area contributed by atoms with E-state index in [-0.39, 0.29) is 0 Å². The first-order valence-corrected chi connectivity index (χ1v) is 8.79. The van der Waals surface area contributed by atoms with Crippen molar-refractivity contribution in [1.29, 1.82) is 0 Å². The first kappa shape index (κ1) is 21.9. The molecule has 0 aromatic rings. The summed E-state index contributed by atoms with van der Waals surface area (Å²) in [5, 5.41) is 48.4. The minimum atomic E-state index is -4.91. The number of ether oxygens (including phenoxy) is 3. The molecule has 2 heterocycles. The van der Waals surface area contributed by atoms with E-state index in [0.29, 0.717) is 0 Å². The van der Waals surface area contributed by atoms with Gasteiger partial charge in [0.15, 0.2) is 6.29 Å². The maximum absolute atomic E-state index is 11.0. The summed E-state index contributed by atoms with van der Waals surface area (Å²) in [5.74, 6) is -2.33. The molecule has 2 rings (SSSR count). The fraction of sp³-hybridized carbons (Fsp3) is 0.750. The molecule has 0 amide bonds. The number of rotatable bonds is 6. The summed E-state index contributed by atoms with van der Waals surface area (Å²) < 4.78 is 49.3. The van der Waals surface area contributed by atoms with Gasteiger partial charge in [-0.25, -0.2) is 8.98 Å². The monoisotopic (exact) mass is 417 g/mol. The average molecular weight is 417 g/mol. The summed E-state index contributed by atoms with van der Waals surface area (Å²) in [6.45, 7) is -0.933. The molecule has 2 aliphatic heterocycles. The topological polar surface area (TPSA) is 236 Å². The van der Waals surface area contributed by atoms with Crippen LogP contribution in [0, 0.1) is 0 Å². The van der Waals surface area contributed by atoms with Gasteiger partial charge in [-0.15, -0.1) is 0 Å². The van der Waals surface area contributed by atoms with Gasteiger partial charge in [0, 0.05) is 0 Å². The molecule has 156 valence electrons. The largest absolute Gasteiger partial charge is 0.475 e. The molecule has 1 fully saturated rings. The summed E-state index contributed by atoms with van der Waals surface area (Å²) in [4.78, 5) is 11.0. The van der Waals surface area contributed by atoms with Gasteiger partial charge in [0.25, 0.3) is 0 Å². The van der Waals surface area contributed by atoms with Crippen molar-refractivity contribution >= 4 is 16.4 Å². The zero-order chi connectivity index (χ0) is 20.5. The highest BCUT2D eigenvalue weighted by Gasteiger charge is 2.47. The Morgan fingerprint density at radius 3 is 2.41 bits per heavy atom. The van der Waals surface area contributed by atoms with Crippen LogP contribution in [-0.4, -0.2) is 100 Å². The van der Waals surface area contributed by atoms with E-state index < -0.39 is 77.9 Å². The highest BCUT2D eigenvalue weighted by molar-refractivity contribution is 7.80. The van der Waals surface area contributed by atoms with E-state index in [9.17, 15) is 33.6 Å². The minimum Gasteiger partial charge on any atom is -0.475 e. The normalized spacial score (nSPS) is 40.1. The molecule has 1 saturated heterocycles. The third-order valence-corrected chi connectivity index (χ3v) is 4.25. The second kappa shape index (κ2) is 8.31. The molecule has 27 heavy (non-hydrogen) atoms. The van der Waals surface area contributed by atoms with Gasteiger partial charge in [0.05, 0.1) is 12.6 Å². The van der Waals surface area contributed by atoms with Gasteiger partial charge in [0.1, 0.15) is 30.5 Å². The van der Waals surface area contributed by atoms with Crippen LogP contribution < -0.4 is 5.73 Å². The van der Waals surface area contributed by atoms with Gasteiger partial charge in [-0.05, 0) is 6.08 Å². The van der Waals surface area contributed by atoms with Crippen LogP contribution in [-0.2, 0) is 33.6 Å². The van der Waals surface area contributed by atoms with Crippen LogP contribution in [0.1, 0.15) is 0 Å². The van der Waals surface area contributed by atoms with Crippen molar-refractivity contribution in [2.75, 3.05) is 6.61 Å². The van der Waals surface area contributed by atoms with E-state index in [1.54, 1.807) is 0 Å². The lowest BCUT2D eigenvalue weighted by Gasteiger charge is -2.43. The van der Waals surface area contributed by atoms with Crippen LogP contribution in [0.2, 0.25) is 0 Å². The molecule has 0 aliphatic carbocycles. The number of aliphatic carboxylic acids is 1. The minimum absolute atomic E-state index is 0.717. The molecular formula is C12H19NO13S. The van der Waals surface area contributed by atoms with Gasteiger partial charge < -0.3 is 45.5 Å². The Morgan fingerprint density at radius 2 is 1.85 bits per heavy atom. The maximum Gasteiger partial charge on any atom is 0.397 e. The lowest BCUT2D eigenvalue weighted by Crippen LogP contribution is -2.64. The number of aliphatic hydroxyl groups is 4. The summed E-state index contributed by atoms with van der Waals surface area (Å²) in [7, 11) is -4.91. The van der Waals surface area contributed by atoms with E-state index in [4.69, 9.17) is 29.6 Å². The fourth-order valence-electron chi connectivity index (χ4n) is 2.44. The second-order valence-corrected chi connectivity index (χ2v) is 6.84. The number of carboxylic acid groups (broad SMARTS) is 1. The Kier molecular flexibility index (Phi) is 6.74. The molecule has 0 aromatic carbocycles.